The number of anilines is 1. The maximum atomic E-state index is 12.5. The van der Waals surface area contributed by atoms with Crippen molar-refractivity contribution in [3.63, 3.8) is 0 Å². The van der Waals surface area contributed by atoms with E-state index in [9.17, 15) is 4.79 Å². The fourth-order valence-electron chi connectivity index (χ4n) is 3.92. The van der Waals surface area contributed by atoms with Crippen molar-refractivity contribution < 1.29 is 9.53 Å². The van der Waals surface area contributed by atoms with Crippen LogP contribution >= 0.6 is 0 Å². The van der Waals surface area contributed by atoms with Crippen molar-refractivity contribution in [1.29, 1.82) is 0 Å². The molecule has 1 amide bonds. The van der Waals surface area contributed by atoms with E-state index >= 15 is 0 Å². The Morgan fingerprint density at radius 1 is 1.23 bits per heavy atom. The number of nitrogens with one attached hydrogen (secondary N) is 2. The number of benzene rings is 1. The Kier molecular flexibility index (Phi) is 6.38. The lowest BCUT2D eigenvalue weighted by Gasteiger charge is -2.45. The molecule has 3 atom stereocenters. The summed E-state index contributed by atoms with van der Waals surface area (Å²) >= 11 is 0. The number of ether oxygens (including phenoxy) is 1. The van der Waals surface area contributed by atoms with E-state index in [1.807, 2.05) is 12.1 Å². The molecule has 2 saturated heterocycles. The van der Waals surface area contributed by atoms with E-state index in [0.717, 1.165) is 51.2 Å². The second kappa shape index (κ2) is 8.73. The molecule has 6 nitrogen and oxygen atoms in total. The number of carbonyl (C=O) groups excluding carboxylic acids is 1. The van der Waals surface area contributed by atoms with Gasteiger partial charge in [0.05, 0.1) is 13.0 Å². The Balaban J connectivity index is 1.54. The summed E-state index contributed by atoms with van der Waals surface area (Å²) < 4.78 is 5.33. The first-order chi connectivity index (χ1) is 12.6. The molecule has 0 saturated carbocycles. The molecular weight excluding hydrogens is 328 g/mol. The van der Waals surface area contributed by atoms with Gasteiger partial charge < -0.3 is 15.0 Å². The molecule has 6 heteroatoms. The number of hydrogen-bond acceptors (Lipinski definition) is 5. The van der Waals surface area contributed by atoms with Gasteiger partial charge in [0.2, 0.25) is 5.91 Å². The first-order valence-corrected chi connectivity index (χ1v) is 9.82. The average molecular weight is 361 g/mol. The van der Waals surface area contributed by atoms with E-state index in [4.69, 9.17) is 4.74 Å². The van der Waals surface area contributed by atoms with E-state index in [-0.39, 0.29) is 24.2 Å². The fourth-order valence-corrected chi connectivity index (χ4v) is 3.92. The number of methoxy groups -OCH3 is 1. The summed E-state index contributed by atoms with van der Waals surface area (Å²) in [5, 5.41) is 6.79. The summed E-state index contributed by atoms with van der Waals surface area (Å²) in [4.78, 5) is 17.2. The highest BCUT2D eigenvalue weighted by Gasteiger charge is 2.36. The first-order valence-electron chi connectivity index (χ1n) is 9.82. The van der Waals surface area contributed by atoms with Crippen LogP contribution in [0.25, 0.3) is 0 Å². The summed E-state index contributed by atoms with van der Waals surface area (Å²) in [6, 6.07) is 8.42. The smallest absolute Gasteiger partial charge is 0.226 e. The Hall–Kier alpha value is -1.79. The molecule has 2 heterocycles. The predicted molar refractivity (Wildman–Crippen MR) is 104 cm³/mol. The number of amides is 1. The summed E-state index contributed by atoms with van der Waals surface area (Å²) in [5.74, 6) is 1.17. The number of hydrogen-bond donors (Lipinski definition) is 2. The van der Waals surface area contributed by atoms with Crippen molar-refractivity contribution in [2.75, 3.05) is 38.2 Å². The van der Waals surface area contributed by atoms with Crippen molar-refractivity contribution in [2.24, 2.45) is 5.92 Å². The largest absolute Gasteiger partial charge is 0.497 e. The molecule has 2 aliphatic rings. The molecule has 26 heavy (non-hydrogen) atoms. The second-order valence-electron chi connectivity index (χ2n) is 7.34. The van der Waals surface area contributed by atoms with Gasteiger partial charge in [-0.3, -0.25) is 15.0 Å². The highest BCUT2D eigenvalue weighted by Crippen LogP contribution is 2.23. The fraction of sp³-hybridized carbons (Fsp3) is 0.650. The molecule has 2 N–H and O–H groups in total. The summed E-state index contributed by atoms with van der Waals surface area (Å²) in [7, 11) is 1.70. The molecule has 1 aromatic rings. The summed E-state index contributed by atoms with van der Waals surface area (Å²) in [6.45, 7) is 8.02. The van der Waals surface area contributed by atoms with Crippen LogP contribution in [0.2, 0.25) is 0 Å². The monoisotopic (exact) mass is 360 g/mol. The van der Waals surface area contributed by atoms with Crippen LogP contribution in [0, 0.1) is 5.92 Å². The number of nitrogens with zero attached hydrogens (tertiary/aromatic N) is 2. The molecule has 0 aromatic heterocycles. The lowest BCUT2D eigenvalue weighted by atomic mass is 9.92. The van der Waals surface area contributed by atoms with Gasteiger partial charge in [-0.05, 0) is 25.5 Å². The SMILES string of the molecule is CCCCC1C(=O)NC(N2CCN(c3cccc(OC)c3)CC2)NC1C. The quantitative estimate of drug-likeness (QED) is 0.813. The zero-order valence-corrected chi connectivity index (χ0v) is 16.2. The van der Waals surface area contributed by atoms with Crippen LogP contribution in [0.15, 0.2) is 24.3 Å². The van der Waals surface area contributed by atoms with Crippen molar-refractivity contribution in [2.45, 2.75) is 45.4 Å². The number of carbonyl (C=O) groups is 1. The van der Waals surface area contributed by atoms with Crippen LogP contribution < -0.4 is 20.3 Å². The van der Waals surface area contributed by atoms with Gasteiger partial charge in [-0.2, -0.15) is 0 Å². The molecule has 0 spiro atoms. The molecule has 0 bridgehead atoms. The minimum Gasteiger partial charge on any atom is -0.497 e. The molecule has 2 aliphatic heterocycles. The van der Waals surface area contributed by atoms with E-state index in [1.54, 1.807) is 7.11 Å². The molecule has 0 aliphatic carbocycles. The Labute approximate surface area is 156 Å². The Morgan fingerprint density at radius 2 is 2.00 bits per heavy atom. The molecule has 1 aromatic carbocycles. The number of piperazine rings is 1. The standard InChI is InChI=1S/C20H32N4O2/c1-4-5-9-18-15(2)21-20(22-19(18)25)24-12-10-23(11-13-24)16-7-6-8-17(14-16)26-3/h6-8,14-15,18,20-21H,4-5,9-13H2,1-3H3,(H,22,25). The maximum absolute atomic E-state index is 12.5. The zero-order chi connectivity index (χ0) is 18.5. The Bertz CT molecular complexity index is 601. The van der Waals surface area contributed by atoms with Crippen LogP contribution in [-0.4, -0.2) is 56.4 Å². The normalized spacial score (nSPS) is 27.3. The van der Waals surface area contributed by atoms with Crippen LogP contribution in [0.3, 0.4) is 0 Å². The zero-order valence-electron chi connectivity index (χ0n) is 16.2. The highest BCUT2D eigenvalue weighted by molar-refractivity contribution is 5.80. The highest BCUT2D eigenvalue weighted by atomic mass is 16.5. The van der Waals surface area contributed by atoms with Crippen molar-refractivity contribution in [3.05, 3.63) is 24.3 Å². The van der Waals surface area contributed by atoms with Crippen LogP contribution in [0.5, 0.6) is 5.75 Å². The van der Waals surface area contributed by atoms with Gasteiger partial charge in [-0.25, -0.2) is 0 Å². The first kappa shape index (κ1) is 19.0. The van der Waals surface area contributed by atoms with Gasteiger partial charge in [-0.15, -0.1) is 0 Å². The third kappa shape index (κ3) is 4.30. The second-order valence-corrected chi connectivity index (χ2v) is 7.34. The van der Waals surface area contributed by atoms with Gasteiger partial charge in [0, 0.05) is 44.0 Å². The third-order valence-corrected chi connectivity index (χ3v) is 5.61. The molecule has 144 valence electrons. The predicted octanol–water partition coefficient (Wildman–Crippen LogP) is 2.02. The van der Waals surface area contributed by atoms with E-state index < -0.39 is 0 Å². The van der Waals surface area contributed by atoms with Crippen LogP contribution in [0.1, 0.15) is 33.1 Å². The Morgan fingerprint density at radius 3 is 2.65 bits per heavy atom. The van der Waals surface area contributed by atoms with Gasteiger partial charge >= 0.3 is 0 Å². The minimum absolute atomic E-state index is 0.0529. The van der Waals surface area contributed by atoms with Gasteiger partial charge in [-0.1, -0.05) is 25.8 Å². The lowest BCUT2D eigenvalue weighted by molar-refractivity contribution is -0.132. The van der Waals surface area contributed by atoms with Crippen molar-refractivity contribution in [1.82, 2.24) is 15.5 Å². The molecule has 3 rings (SSSR count). The average Bonchev–Trinajstić information content (AvgIpc) is 2.67. The molecule has 3 unspecified atom stereocenters. The third-order valence-electron chi connectivity index (χ3n) is 5.61. The maximum Gasteiger partial charge on any atom is 0.226 e. The van der Waals surface area contributed by atoms with Gasteiger partial charge in [0.1, 0.15) is 12.0 Å². The minimum atomic E-state index is -0.0529. The summed E-state index contributed by atoms with van der Waals surface area (Å²) in [6.07, 6.45) is 3.15. The number of unbranched alkanes of at least 4 members (excludes halogenated alkanes) is 1. The van der Waals surface area contributed by atoms with Gasteiger partial charge in [0.15, 0.2) is 0 Å². The summed E-state index contributed by atoms with van der Waals surface area (Å²) in [5.41, 5.74) is 1.19. The molecule has 0 radical (unpaired) electrons. The van der Waals surface area contributed by atoms with Crippen molar-refractivity contribution >= 4 is 11.6 Å². The van der Waals surface area contributed by atoms with E-state index in [1.165, 1.54) is 5.69 Å². The topological polar surface area (TPSA) is 56.8 Å². The van der Waals surface area contributed by atoms with Gasteiger partial charge in [0.25, 0.3) is 0 Å². The van der Waals surface area contributed by atoms with Crippen LogP contribution in [0.4, 0.5) is 5.69 Å². The number of rotatable bonds is 6. The van der Waals surface area contributed by atoms with Crippen LogP contribution in [-0.2, 0) is 4.79 Å². The lowest BCUT2D eigenvalue weighted by Crippen LogP contribution is -2.68. The van der Waals surface area contributed by atoms with Crippen molar-refractivity contribution in [3.8, 4) is 5.75 Å². The molecule has 2 fully saturated rings. The molecular formula is C20H32N4O2. The van der Waals surface area contributed by atoms with E-state index in [2.05, 4.69) is 46.4 Å². The van der Waals surface area contributed by atoms with E-state index in [0.29, 0.717) is 0 Å².